The van der Waals surface area contributed by atoms with Gasteiger partial charge in [0.05, 0.1) is 11.1 Å². The lowest BCUT2D eigenvalue weighted by Gasteiger charge is -2.14. The van der Waals surface area contributed by atoms with Crippen molar-refractivity contribution in [3.63, 3.8) is 0 Å². The van der Waals surface area contributed by atoms with Crippen LogP contribution in [0.5, 0.6) is 0 Å². The maximum absolute atomic E-state index is 13.4. The SMILES string of the molecule is Cc1cc(C)n2cc(C(F)(F)F)c(C(=O)N[C@@H](C)C3CC3)c2n1. The molecule has 0 spiro atoms. The zero-order valence-electron chi connectivity index (χ0n) is 13.2. The van der Waals surface area contributed by atoms with Gasteiger partial charge in [0.15, 0.2) is 5.65 Å². The van der Waals surface area contributed by atoms with Crippen LogP contribution in [0.15, 0.2) is 12.3 Å². The molecule has 1 aliphatic rings. The Morgan fingerprint density at radius 2 is 2.04 bits per heavy atom. The van der Waals surface area contributed by atoms with E-state index in [0.717, 1.165) is 19.0 Å². The summed E-state index contributed by atoms with van der Waals surface area (Å²) in [7, 11) is 0. The van der Waals surface area contributed by atoms with Crippen LogP contribution in [0.4, 0.5) is 13.2 Å². The summed E-state index contributed by atoms with van der Waals surface area (Å²) in [5.41, 5.74) is -0.107. The number of nitrogens with zero attached hydrogens (tertiary/aromatic N) is 2. The normalized spacial score (nSPS) is 16.6. The molecule has 1 N–H and O–H groups in total. The number of alkyl halides is 3. The molecule has 1 amide bonds. The molecule has 2 heterocycles. The molecular formula is C16H18F3N3O. The topological polar surface area (TPSA) is 46.4 Å². The zero-order chi connectivity index (χ0) is 16.9. The Labute approximate surface area is 131 Å². The van der Waals surface area contributed by atoms with Crippen molar-refractivity contribution >= 4 is 11.6 Å². The van der Waals surface area contributed by atoms with Gasteiger partial charge in [-0.1, -0.05) is 0 Å². The molecule has 1 fully saturated rings. The summed E-state index contributed by atoms with van der Waals surface area (Å²) < 4.78 is 41.4. The van der Waals surface area contributed by atoms with Crippen molar-refractivity contribution in [1.29, 1.82) is 0 Å². The molecule has 1 atom stereocenters. The third-order valence-corrected chi connectivity index (χ3v) is 4.28. The van der Waals surface area contributed by atoms with Gasteiger partial charge >= 0.3 is 6.18 Å². The summed E-state index contributed by atoms with van der Waals surface area (Å²) in [5, 5.41) is 2.70. The first-order chi connectivity index (χ1) is 10.7. The average Bonchev–Trinajstić information content (AvgIpc) is 3.18. The molecule has 23 heavy (non-hydrogen) atoms. The number of carbonyl (C=O) groups is 1. The minimum Gasteiger partial charge on any atom is -0.349 e. The number of aromatic nitrogens is 2. The summed E-state index contributed by atoms with van der Waals surface area (Å²) in [5.74, 6) is -0.352. The van der Waals surface area contributed by atoms with Crippen LogP contribution in [-0.2, 0) is 6.18 Å². The fraction of sp³-hybridized carbons (Fsp3) is 0.500. The van der Waals surface area contributed by atoms with Crippen LogP contribution in [0.25, 0.3) is 5.65 Å². The van der Waals surface area contributed by atoms with E-state index in [1.807, 2.05) is 6.92 Å². The second-order valence-electron chi connectivity index (χ2n) is 6.25. The van der Waals surface area contributed by atoms with Gasteiger partial charge in [-0.3, -0.25) is 4.79 Å². The van der Waals surface area contributed by atoms with Crippen LogP contribution in [0.3, 0.4) is 0 Å². The van der Waals surface area contributed by atoms with E-state index >= 15 is 0 Å². The van der Waals surface area contributed by atoms with E-state index in [9.17, 15) is 18.0 Å². The minimum atomic E-state index is -4.61. The Hall–Kier alpha value is -2.05. The van der Waals surface area contributed by atoms with Gasteiger partial charge in [0.2, 0.25) is 0 Å². The maximum Gasteiger partial charge on any atom is 0.418 e. The Balaban J connectivity index is 2.13. The molecule has 124 valence electrons. The van der Waals surface area contributed by atoms with Crippen LogP contribution in [0.2, 0.25) is 0 Å². The van der Waals surface area contributed by atoms with E-state index in [0.29, 0.717) is 17.3 Å². The minimum absolute atomic E-state index is 0.0512. The van der Waals surface area contributed by atoms with Crippen LogP contribution in [-0.4, -0.2) is 21.3 Å². The number of halogens is 3. The first-order valence-electron chi connectivity index (χ1n) is 7.56. The largest absolute Gasteiger partial charge is 0.418 e. The molecule has 0 aromatic carbocycles. The van der Waals surface area contributed by atoms with Gasteiger partial charge in [-0.05, 0) is 45.6 Å². The molecule has 0 unspecified atom stereocenters. The van der Waals surface area contributed by atoms with Crippen molar-refractivity contribution in [2.45, 2.75) is 45.8 Å². The summed E-state index contributed by atoms with van der Waals surface area (Å²) >= 11 is 0. The van der Waals surface area contributed by atoms with Gasteiger partial charge in [-0.15, -0.1) is 0 Å². The van der Waals surface area contributed by atoms with Crippen LogP contribution in [0, 0.1) is 19.8 Å². The summed E-state index contributed by atoms with van der Waals surface area (Å²) in [6.07, 6.45) is -1.65. The number of nitrogens with one attached hydrogen (secondary N) is 1. The smallest absolute Gasteiger partial charge is 0.349 e. The molecule has 2 aromatic rings. The molecule has 0 saturated heterocycles. The fourth-order valence-electron chi connectivity index (χ4n) is 2.88. The number of fused-ring (bicyclic) bond motifs is 1. The van der Waals surface area contributed by atoms with Crippen molar-refractivity contribution in [3.8, 4) is 0 Å². The number of carbonyl (C=O) groups excluding carboxylic acids is 1. The number of hydrogen-bond donors (Lipinski definition) is 1. The molecule has 4 nitrogen and oxygen atoms in total. The second-order valence-corrected chi connectivity index (χ2v) is 6.25. The van der Waals surface area contributed by atoms with Gasteiger partial charge < -0.3 is 9.72 Å². The molecule has 0 aliphatic heterocycles. The quantitative estimate of drug-likeness (QED) is 0.939. The van der Waals surface area contributed by atoms with Crippen LogP contribution >= 0.6 is 0 Å². The van der Waals surface area contributed by atoms with Gasteiger partial charge in [-0.25, -0.2) is 4.98 Å². The Morgan fingerprint density at radius 1 is 1.39 bits per heavy atom. The van der Waals surface area contributed by atoms with E-state index < -0.39 is 23.2 Å². The highest BCUT2D eigenvalue weighted by molar-refractivity contribution is 6.02. The molecule has 2 aromatic heterocycles. The van der Waals surface area contributed by atoms with Crippen LogP contribution in [0.1, 0.15) is 47.1 Å². The predicted molar refractivity (Wildman–Crippen MR) is 79.3 cm³/mol. The Morgan fingerprint density at radius 3 is 2.61 bits per heavy atom. The first kappa shape index (κ1) is 15.8. The van der Waals surface area contributed by atoms with E-state index in [1.165, 1.54) is 4.40 Å². The number of amides is 1. The predicted octanol–water partition coefficient (Wildman–Crippen LogP) is 3.50. The monoisotopic (exact) mass is 325 g/mol. The van der Waals surface area contributed by atoms with Gasteiger partial charge in [0, 0.05) is 23.6 Å². The third-order valence-electron chi connectivity index (χ3n) is 4.28. The zero-order valence-corrected chi connectivity index (χ0v) is 13.2. The van der Waals surface area contributed by atoms with Crippen molar-refractivity contribution in [3.05, 3.63) is 34.8 Å². The second kappa shape index (κ2) is 5.25. The van der Waals surface area contributed by atoms with Gasteiger partial charge in [0.25, 0.3) is 5.91 Å². The molecule has 1 aliphatic carbocycles. The maximum atomic E-state index is 13.4. The number of hydrogen-bond acceptors (Lipinski definition) is 2. The molecule has 3 rings (SSSR count). The standard InChI is InChI=1S/C16H18F3N3O/c1-8-6-9(2)22-7-12(16(17,18)19)13(14(22)20-8)15(23)21-10(3)11-4-5-11/h6-7,10-11H,4-5H2,1-3H3,(H,21,23)/t10-/m0/s1. The van der Waals surface area contributed by atoms with E-state index in [2.05, 4.69) is 10.3 Å². The van der Waals surface area contributed by atoms with E-state index in [1.54, 1.807) is 19.9 Å². The van der Waals surface area contributed by atoms with E-state index in [-0.39, 0.29) is 11.7 Å². The van der Waals surface area contributed by atoms with E-state index in [4.69, 9.17) is 0 Å². The number of aryl methyl sites for hydroxylation is 2. The van der Waals surface area contributed by atoms with Crippen molar-refractivity contribution in [1.82, 2.24) is 14.7 Å². The molecule has 0 radical (unpaired) electrons. The lowest BCUT2D eigenvalue weighted by molar-refractivity contribution is -0.137. The van der Waals surface area contributed by atoms with Crippen LogP contribution < -0.4 is 5.32 Å². The highest BCUT2D eigenvalue weighted by Gasteiger charge is 2.39. The lowest BCUT2D eigenvalue weighted by Crippen LogP contribution is -2.35. The van der Waals surface area contributed by atoms with Crippen molar-refractivity contribution in [2.24, 2.45) is 5.92 Å². The molecule has 0 bridgehead atoms. The Bertz CT molecular complexity index is 775. The highest BCUT2D eigenvalue weighted by atomic mass is 19.4. The van der Waals surface area contributed by atoms with Gasteiger partial charge in [-0.2, -0.15) is 13.2 Å². The van der Waals surface area contributed by atoms with Crippen molar-refractivity contribution < 1.29 is 18.0 Å². The highest BCUT2D eigenvalue weighted by Crippen LogP contribution is 2.36. The average molecular weight is 325 g/mol. The fourth-order valence-corrected chi connectivity index (χ4v) is 2.88. The lowest BCUT2D eigenvalue weighted by atomic mass is 10.1. The molecule has 1 saturated carbocycles. The molecule has 7 heteroatoms. The number of rotatable bonds is 3. The van der Waals surface area contributed by atoms with Gasteiger partial charge in [0.1, 0.15) is 0 Å². The summed E-state index contributed by atoms with van der Waals surface area (Å²) in [6.45, 7) is 5.21. The first-order valence-corrected chi connectivity index (χ1v) is 7.56. The third kappa shape index (κ3) is 2.92. The molecular weight excluding hydrogens is 307 g/mol. The van der Waals surface area contributed by atoms with Crippen molar-refractivity contribution in [2.75, 3.05) is 0 Å². The summed E-state index contributed by atoms with van der Waals surface area (Å²) in [6, 6.07) is 1.55. The summed E-state index contributed by atoms with van der Waals surface area (Å²) in [4.78, 5) is 16.6. The Kier molecular flexibility index (Phi) is 3.61.